The zero-order valence-corrected chi connectivity index (χ0v) is 14.6. The van der Waals surface area contributed by atoms with Crippen LogP contribution in [0.1, 0.15) is 44.5 Å². The zero-order chi connectivity index (χ0) is 16.7. The Labute approximate surface area is 146 Å². The number of nitrogens with one attached hydrogen (secondary N) is 1. The molecule has 2 aliphatic rings. The number of rotatable bonds is 5. The minimum absolute atomic E-state index is 0.208. The van der Waals surface area contributed by atoms with Gasteiger partial charge in [-0.2, -0.15) is 5.10 Å². The second-order valence-electron chi connectivity index (χ2n) is 7.11. The molecule has 6 heteroatoms. The van der Waals surface area contributed by atoms with Gasteiger partial charge in [0.15, 0.2) is 22.2 Å². The van der Waals surface area contributed by atoms with E-state index in [1.807, 2.05) is 0 Å². The fourth-order valence-corrected chi connectivity index (χ4v) is 4.96. The van der Waals surface area contributed by atoms with Gasteiger partial charge in [0.05, 0.1) is 0 Å². The SMILES string of the molecule is C[C@H]([C@@H]1C[C@H]2CC[C@H]1C2)n1c(COc2ccccc2F)n[nH]c1=S. The van der Waals surface area contributed by atoms with E-state index >= 15 is 0 Å². The van der Waals surface area contributed by atoms with Gasteiger partial charge in [0.2, 0.25) is 0 Å². The average Bonchev–Trinajstić information content (AvgIpc) is 3.29. The predicted octanol–water partition coefficient (Wildman–Crippen LogP) is 4.66. The van der Waals surface area contributed by atoms with E-state index in [0.29, 0.717) is 16.7 Å². The standard InChI is InChI=1S/C18H22FN3OS/c1-11(14-9-12-6-7-13(14)8-12)22-17(20-21-18(22)24)10-23-16-5-3-2-4-15(16)19/h2-5,11-14H,6-10H2,1H3,(H,21,24)/t11-,12+,13+,14+/m1/s1. The zero-order valence-electron chi connectivity index (χ0n) is 13.7. The summed E-state index contributed by atoms with van der Waals surface area (Å²) in [6.45, 7) is 2.43. The lowest BCUT2D eigenvalue weighted by Gasteiger charge is -2.29. The van der Waals surface area contributed by atoms with Gasteiger partial charge in [0.25, 0.3) is 0 Å². The summed E-state index contributed by atoms with van der Waals surface area (Å²) < 4.78 is 22.0. The van der Waals surface area contributed by atoms with E-state index in [-0.39, 0.29) is 18.2 Å². The molecule has 2 bridgehead atoms. The summed E-state index contributed by atoms with van der Waals surface area (Å²) in [5.41, 5.74) is 0. The van der Waals surface area contributed by atoms with Crippen LogP contribution in [0.25, 0.3) is 0 Å². The molecule has 0 aliphatic heterocycles. The molecule has 1 heterocycles. The molecule has 1 aromatic carbocycles. The van der Waals surface area contributed by atoms with Crippen molar-refractivity contribution in [3.05, 3.63) is 40.7 Å². The second kappa shape index (κ2) is 6.31. The van der Waals surface area contributed by atoms with Gasteiger partial charge in [-0.25, -0.2) is 4.39 Å². The van der Waals surface area contributed by atoms with Gasteiger partial charge in [-0.1, -0.05) is 18.6 Å². The third-order valence-corrected chi connectivity index (χ3v) is 6.08. The number of aromatic amines is 1. The van der Waals surface area contributed by atoms with Gasteiger partial charge < -0.3 is 4.74 Å². The Hall–Kier alpha value is -1.69. The maximum absolute atomic E-state index is 13.7. The topological polar surface area (TPSA) is 42.8 Å². The Morgan fingerprint density at radius 1 is 1.38 bits per heavy atom. The first kappa shape index (κ1) is 15.8. The summed E-state index contributed by atoms with van der Waals surface area (Å²) in [4.78, 5) is 0. The number of aromatic nitrogens is 3. The Bertz CT molecular complexity index is 787. The molecule has 1 aromatic heterocycles. The van der Waals surface area contributed by atoms with E-state index in [2.05, 4.69) is 21.7 Å². The maximum atomic E-state index is 13.7. The summed E-state index contributed by atoms with van der Waals surface area (Å²) in [7, 11) is 0. The quantitative estimate of drug-likeness (QED) is 0.800. The Morgan fingerprint density at radius 2 is 2.21 bits per heavy atom. The van der Waals surface area contributed by atoms with Gasteiger partial charge in [0, 0.05) is 6.04 Å². The molecule has 4 atom stereocenters. The highest BCUT2D eigenvalue weighted by atomic mass is 32.1. The second-order valence-corrected chi connectivity index (χ2v) is 7.50. The first-order valence-electron chi connectivity index (χ1n) is 8.66. The summed E-state index contributed by atoms with van der Waals surface area (Å²) in [6, 6.07) is 6.72. The van der Waals surface area contributed by atoms with Crippen LogP contribution in [0.4, 0.5) is 4.39 Å². The third-order valence-electron chi connectivity index (χ3n) is 5.79. The lowest BCUT2D eigenvalue weighted by molar-refractivity contribution is 0.221. The van der Waals surface area contributed by atoms with Crippen molar-refractivity contribution in [2.75, 3.05) is 0 Å². The molecule has 2 saturated carbocycles. The van der Waals surface area contributed by atoms with E-state index in [0.717, 1.165) is 17.7 Å². The average molecular weight is 347 g/mol. The number of ether oxygens (including phenoxy) is 1. The number of benzene rings is 1. The first-order valence-corrected chi connectivity index (χ1v) is 9.07. The van der Waals surface area contributed by atoms with Crippen LogP contribution >= 0.6 is 12.2 Å². The molecule has 0 unspecified atom stereocenters. The number of nitrogens with zero attached hydrogens (tertiary/aromatic N) is 2. The smallest absolute Gasteiger partial charge is 0.195 e. The highest BCUT2D eigenvalue weighted by molar-refractivity contribution is 7.71. The van der Waals surface area contributed by atoms with Crippen LogP contribution in [0.15, 0.2) is 24.3 Å². The number of para-hydroxylation sites is 1. The fourth-order valence-electron chi connectivity index (χ4n) is 4.64. The lowest BCUT2D eigenvalue weighted by Crippen LogP contribution is -2.24. The van der Waals surface area contributed by atoms with Gasteiger partial charge >= 0.3 is 0 Å². The molecule has 0 saturated heterocycles. The van der Waals surface area contributed by atoms with Crippen molar-refractivity contribution in [2.45, 2.75) is 45.3 Å². The van der Waals surface area contributed by atoms with E-state index in [1.54, 1.807) is 18.2 Å². The van der Waals surface area contributed by atoms with Gasteiger partial charge in [-0.05, 0) is 68.3 Å². The highest BCUT2D eigenvalue weighted by Crippen LogP contribution is 2.52. The van der Waals surface area contributed by atoms with Crippen LogP contribution in [0, 0.1) is 28.3 Å². The van der Waals surface area contributed by atoms with Crippen LogP contribution in [-0.4, -0.2) is 14.8 Å². The molecule has 4 rings (SSSR count). The van der Waals surface area contributed by atoms with E-state index in [4.69, 9.17) is 17.0 Å². The minimum Gasteiger partial charge on any atom is -0.483 e. The number of hydrogen-bond donors (Lipinski definition) is 1. The molecule has 1 N–H and O–H groups in total. The van der Waals surface area contributed by atoms with Crippen LogP contribution in [0.5, 0.6) is 5.75 Å². The summed E-state index contributed by atoms with van der Waals surface area (Å²) in [6.07, 6.45) is 5.37. The molecule has 2 fully saturated rings. The van der Waals surface area contributed by atoms with E-state index in [9.17, 15) is 4.39 Å². The molecule has 2 aliphatic carbocycles. The van der Waals surface area contributed by atoms with Crippen molar-refractivity contribution in [2.24, 2.45) is 17.8 Å². The Kier molecular flexibility index (Phi) is 4.16. The monoisotopic (exact) mass is 347 g/mol. The maximum Gasteiger partial charge on any atom is 0.195 e. The van der Waals surface area contributed by atoms with Gasteiger partial charge in [0.1, 0.15) is 6.61 Å². The van der Waals surface area contributed by atoms with Crippen LogP contribution in [0.3, 0.4) is 0 Å². The molecule has 2 aromatic rings. The van der Waals surface area contributed by atoms with Crippen molar-refractivity contribution < 1.29 is 9.13 Å². The fraction of sp³-hybridized carbons (Fsp3) is 0.556. The molecule has 4 nitrogen and oxygen atoms in total. The van der Waals surface area contributed by atoms with Gasteiger partial charge in [-0.3, -0.25) is 9.67 Å². The molecular weight excluding hydrogens is 325 g/mol. The first-order chi connectivity index (χ1) is 11.6. The number of hydrogen-bond acceptors (Lipinski definition) is 3. The van der Waals surface area contributed by atoms with E-state index in [1.165, 1.54) is 31.7 Å². The number of H-pyrrole nitrogens is 1. The molecule has 128 valence electrons. The third kappa shape index (κ3) is 2.77. The highest BCUT2D eigenvalue weighted by Gasteiger charge is 2.42. The molecule has 0 spiro atoms. The largest absolute Gasteiger partial charge is 0.483 e. The number of fused-ring (bicyclic) bond motifs is 2. The molecule has 24 heavy (non-hydrogen) atoms. The molecule has 0 amide bonds. The summed E-state index contributed by atoms with van der Waals surface area (Å²) in [5.74, 6) is 2.97. The van der Waals surface area contributed by atoms with E-state index < -0.39 is 0 Å². The Morgan fingerprint density at radius 3 is 2.92 bits per heavy atom. The molecular formula is C18H22FN3OS. The Balaban J connectivity index is 1.53. The number of halogens is 1. The summed E-state index contributed by atoms with van der Waals surface area (Å²) in [5, 5.41) is 7.19. The van der Waals surface area contributed by atoms with Crippen molar-refractivity contribution in [3.63, 3.8) is 0 Å². The van der Waals surface area contributed by atoms with Crippen molar-refractivity contribution >= 4 is 12.2 Å². The summed E-state index contributed by atoms with van der Waals surface area (Å²) >= 11 is 5.44. The normalized spacial score (nSPS) is 26.7. The predicted molar refractivity (Wildman–Crippen MR) is 91.8 cm³/mol. The van der Waals surface area contributed by atoms with Crippen molar-refractivity contribution in [1.82, 2.24) is 14.8 Å². The minimum atomic E-state index is -0.362. The van der Waals surface area contributed by atoms with Crippen molar-refractivity contribution in [1.29, 1.82) is 0 Å². The van der Waals surface area contributed by atoms with Gasteiger partial charge in [-0.15, -0.1) is 0 Å². The van der Waals surface area contributed by atoms with Crippen LogP contribution < -0.4 is 4.74 Å². The van der Waals surface area contributed by atoms with Crippen LogP contribution in [-0.2, 0) is 6.61 Å². The molecule has 0 radical (unpaired) electrons. The van der Waals surface area contributed by atoms with Crippen molar-refractivity contribution in [3.8, 4) is 5.75 Å². The lowest BCUT2D eigenvalue weighted by atomic mass is 9.84. The van der Waals surface area contributed by atoms with Crippen LogP contribution in [0.2, 0.25) is 0 Å².